The van der Waals surface area contributed by atoms with E-state index in [4.69, 9.17) is 16.3 Å². The number of anilines is 1. The van der Waals surface area contributed by atoms with Gasteiger partial charge in [0.1, 0.15) is 11.6 Å². The molecular formula is C17H19ClN4O2. The zero-order chi connectivity index (χ0) is 16.9. The second kappa shape index (κ2) is 7.59. The van der Waals surface area contributed by atoms with Crippen molar-refractivity contribution in [3.63, 3.8) is 0 Å². The molecule has 1 fully saturated rings. The van der Waals surface area contributed by atoms with Gasteiger partial charge in [-0.15, -0.1) is 0 Å². The molecule has 24 heavy (non-hydrogen) atoms. The zero-order valence-electron chi connectivity index (χ0n) is 13.3. The third-order valence-corrected chi connectivity index (χ3v) is 4.14. The van der Waals surface area contributed by atoms with Crippen molar-refractivity contribution in [2.45, 2.75) is 25.4 Å². The highest BCUT2D eigenvalue weighted by molar-refractivity contribution is 6.30. The van der Waals surface area contributed by atoms with E-state index in [1.807, 2.05) is 6.92 Å². The van der Waals surface area contributed by atoms with E-state index < -0.39 is 0 Å². The van der Waals surface area contributed by atoms with Crippen molar-refractivity contribution in [1.29, 1.82) is 0 Å². The van der Waals surface area contributed by atoms with Crippen molar-refractivity contribution < 1.29 is 9.53 Å². The molecule has 3 rings (SSSR count). The quantitative estimate of drug-likeness (QED) is 0.889. The SMILES string of the molecule is Cc1nccc(N[C@@H]2COCC[C@@H]2NC(=O)c2ccc(Cl)cc2)n1. The number of halogens is 1. The fourth-order valence-electron chi connectivity index (χ4n) is 2.63. The van der Waals surface area contributed by atoms with Crippen molar-refractivity contribution in [3.8, 4) is 0 Å². The van der Waals surface area contributed by atoms with Crippen LogP contribution in [0.2, 0.25) is 5.02 Å². The van der Waals surface area contributed by atoms with Crippen LogP contribution in [0.1, 0.15) is 22.6 Å². The summed E-state index contributed by atoms with van der Waals surface area (Å²) in [6.45, 7) is 2.96. The molecule has 0 saturated carbocycles. The highest BCUT2D eigenvalue weighted by Gasteiger charge is 2.27. The number of aromatic nitrogens is 2. The Labute approximate surface area is 145 Å². The average Bonchev–Trinajstić information content (AvgIpc) is 2.57. The minimum Gasteiger partial charge on any atom is -0.379 e. The topological polar surface area (TPSA) is 76.1 Å². The van der Waals surface area contributed by atoms with Crippen LogP contribution in [-0.2, 0) is 4.74 Å². The normalized spacial score (nSPS) is 20.4. The number of aryl methyl sites for hydroxylation is 1. The molecule has 1 aliphatic heterocycles. The molecule has 2 heterocycles. The molecule has 2 aromatic rings. The molecule has 0 unspecified atom stereocenters. The molecule has 7 heteroatoms. The summed E-state index contributed by atoms with van der Waals surface area (Å²) in [4.78, 5) is 20.9. The molecule has 126 valence electrons. The monoisotopic (exact) mass is 346 g/mol. The summed E-state index contributed by atoms with van der Waals surface area (Å²) in [6, 6.07) is 8.56. The highest BCUT2D eigenvalue weighted by atomic mass is 35.5. The van der Waals surface area contributed by atoms with E-state index in [1.54, 1.807) is 36.5 Å². The standard InChI is InChI=1S/C17H19ClN4O2/c1-11-19-8-6-16(20-11)21-15-10-24-9-7-14(15)22-17(23)12-2-4-13(18)5-3-12/h2-6,8,14-15H,7,9-10H2,1H3,(H,22,23)(H,19,20,21)/t14-,15+/m0/s1. The van der Waals surface area contributed by atoms with Gasteiger partial charge in [0.05, 0.1) is 18.7 Å². The van der Waals surface area contributed by atoms with Gasteiger partial charge in [0.25, 0.3) is 5.91 Å². The lowest BCUT2D eigenvalue weighted by Crippen LogP contribution is -2.52. The van der Waals surface area contributed by atoms with Crippen LogP contribution in [0, 0.1) is 6.92 Å². The minimum atomic E-state index is -0.121. The first kappa shape index (κ1) is 16.7. The van der Waals surface area contributed by atoms with Crippen LogP contribution < -0.4 is 10.6 Å². The van der Waals surface area contributed by atoms with Crippen LogP contribution in [0.3, 0.4) is 0 Å². The van der Waals surface area contributed by atoms with Gasteiger partial charge in [-0.25, -0.2) is 9.97 Å². The van der Waals surface area contributed by atoms with Crippen LogP contribution in [0.15, 0.2) is 36.5 Å². The number of carbonyl (C=O) groups is 1. The average molecular weight is 347 g/mol. The molecule has 1 aliphatic rings. The van der Waals surface area contributed by atoms with Crippen LogP contribution in [-0.4, -0.2) is 41.2 Å². The Hall–Kier alpha value is -2.18. The van der Waals surface area contributed by atoms with Gasteiger partial charge in [0.15, 0.2) is 0 Å². The van der Waals surface area contributed by atoms with Crippen LogP contribution >= 0.6 is 11.6 Å². The van der Waals surface area contributed by atoms with Crippen LogP contribution in [0.4, 0.5) is 5.82 Å². The number of benzene rings is 1. The summed E-state index contributed by atoms with van der Waals surface area (Å²) < 4.78 is 5.54. The van der Waals surface area contributed by atoms with Gasteiger partial charge in [-0.3, -0.25) is 4.79 Å². The summed E-state index contributed by atoms with van der Waals surface area (Å²) in [5.74, 6) is 1.30. The second-order valence-electron chi connectivity index (χ2n) is 5.69. The van der Waals surface area contributed by atoms with Gasteiger partial charge in [-0.05, 0) is 43.7 Å². The van der Waals surface area contributed by atoms with Crippen molar-refractivity contribution >= 4 is 23.3 Å². The first-order chi connectivity index (χ1) is 11.6. The smallest absolute Gasteiger partial charge is 0.251 e. The third kappa shape index (κ3) is 4.21. The fourth-order valence-corrected chi connectivity index (χ4v) is 2.76. The number of nitrogens with zero attached hydrogens (tertiary/aromatic N) is 2. The van der Waals surface area contributed by atoms with E-state index in [0.29, 0.717) is 29.6 Å². The Kier molecular flexibility index (Phi) is 5.27. The fraction of sp³-hybridized carbons (Fsp3) is 0.353. The molecule has 1 aromatic carbocycles. The molecule has 0 spiro atoms. The maximum atomic E-state index is 12.4. The molecule has 2 atom stereocenters. The van der Waals surface area contributed by atoms with Crippen molar-refractivity contribution in [2.75, 3.05) is 18.5 Å². The van der Waals surface area contributed by atoms with Crippen molar-refractivity contribution in [3.05, 3.63) is 52.9 Å². The minimum absolute atomic E-state index is 0.0443. The summed E-state index contributed by atoms with van der Waals surface area (Å²) >= 11 is 5.86. The van der Waals surface area contributed by atoms with Crippen molar-refractivity contribution in [1.82, 2.24) is 15.3 Å². The number of nitrogens with one attached hydrogen (secondary N) is 2. The van der Waals surface area contributed by atoms with E-state index in [-0.39, 0.29) is 18.0 Å². The molecule has 1 amide bonds. The summed E-state index contributed by atoms with van der Waals surface area (Å²) in [6.07, 6.45) is 2.44. The Morgan fingerprint density at radius 3 is 2.79 bits per heavy atom. The number of amides is 1. The molecule has 2 N–H and O–H groups in total. The maximum Gasteiger partial charge on any atom is 0.251 e. The summed E-state index contributed by atoms with van der Waals surface area (Å²) in [5, 5.41) is 7.01. The van der Waals surface area contributed by atoms with Crippen molar-refractivity contribution in [2.24, 2.45) is 0 Å². The lowest BCUT2D eigenvalue weighted by molar-refractivity contribution is 0.0620. The maximum absolute atomic E-state index is 12.4. The Bertz CT molecular complexity index is 708. The Morgan fingerprint density at radius 1 is 1.25 bits per heavy atom. The molecule has 0 bridgehead atoms. The van der Waals surface area contributed by atoms with Gasteiger partial charge in [0, 0.05) is 23.4 Å². The van der Waals surface area contributed by atoms with Gasteiger partial charge >= 0.3 is 0 Å². The predicted octanol–water partition coefficient (Wildman–Crippen LogP) is 2.44. The lowest BCUT2D eigenvalue weighted by Gasteiger charge is -2.33. The highest BCUT2D eigenvalue weighted by Crippen LogP contribution is 2.15. The second-order valence-corrected chi connectivity index (χ2v) is 6.13. The largest absolute Gasteiger partial charge is 0.379 e. The van der Waals surface area contributed by atoms with Gasteiger partial charge < -0.3 is 15.4 Å². The number of hydrogen-bond donors (Lipinski definition) is 2. The molecule has 1 saturated heterocycles. The number of carbonyl (C=O) groups excluding carboxylic acids is 1. The summed E-state index contributed by atoms with van der Waals surface area (Å²) in [7, 11) is 0. The third-order valence-electron chi connectivity index (χ3n) is 3.89. The Balaban J connectivity index is 1.67. The number of ether oxygens (including phenoxy) is 1. The molecule has 0 radical (unpaired) electrons. The lowest BCUT2D eigenvalue weighted by atomic mass is 10.0. The van der Waals surface area contributed by atoms with Crippen LogP contribution in [0.25, 0.3) is 0 Å². The van der Waals surface area contributed by atoms with E-state index in [1.165, 1.54) is 0 Å². The van der Waals surface area contributed by atoms with Gasteiger partial charge in [-0.2, -0.15) is 0 Å². The molecule has 0 aliphatic carbocycles. The van der Waals surface area contributed by atoms with E-state index in [9.17, 15) is 4.79 Å². The van der Waals surface area contributed by atoms with Crippen LogP contribution in [0.5, 0.6) is 0 Å². The van der Waals surface area contributed by atoms with Gasteiger partial charge in [-0.1, -0.05) is 11.6 Å². The summed E-state index contributed by atoms with van der Waals surface area (Å²) in [5.41, 5.74) is 0.586. The predicted molar refractivity (Wildman–Crippen MR) is 92.3 cm³/mol. The number of hydrogen-bond acceptors (Lipinski definition) is 5. The molecule has 6 nitrogen and oxygen atoms in total. The van der Waals surface area contributed by atoms with E-state index in [2.05, 4.69) is 20.6 Å². The zero-order valence-corrected chi connectivity index (χ0v) is 14.1. The van der Waals surface area contributed by atoms with Gasteiger partial charge in [0.2, 0.25) is 0 Å². The Morgan fingerprint density at radius 2 is 2.04 bits per heavy atom. The first-order valence-corrected chi connectivity index (χ1v) is 8.20. The van der Waals surface area contributed by atoms with E-state index in [0.717, 1.165) is 12.2 Å². The molecule has 1 aromatic heterocycles. The first-order valence-electron chi connectivity index (χ1n) is 7.82. The van der Waals surface area contributed by atoms with E-state index >= 15 is 0 Å². The molecular weight excluding hydrogens is 328 g/mol. The number of rotatable bonds is 4.